The average Bonchev–Trinajstić information content (AvgIpc) is 2.99. The highest BCUT2D eigenvalue weighted by atomic mass is 16.5. The Balaban J connectivity index is 1.91. The van der Waals surface area contributed by atoms with Crippen molar-refractivity contribution in [2.75, 3.05) is 19.8 Å². The summed E-state index contributed by atoms with van der Waals surface area (Å²) in [6, 6.07) is 15.7. The maximum Gasteiger partial charge on any atom is 0.0495 e. The van der Waals surface area contributed by atoms with Crippen molar-refractivity contribution in [3.63, 3.8) is 0 Å². The summed E-state index contributed by atoms with van der Waals surface area (Å²) in [4.78, 5) is 0. The molecule has 3 rings (SSSR count). The number of ether oxygens (including phenoxy) is 1. The molecule has 2 heteroatoms. The van der Waals surface area contributed by atoms with Gasteiger partial charge in [-0.25, -0.2) is 0 Å². The van der Waals surface area contributed by atoms with E-state index in [1.807, 2.05) is 0 Å². The molecule has 0 saturated carbocycles. The molecule has 0 aromatic heterocycles. The fraction of sp³-hybridized carbons (Fsp3) is 0.444. The van der Waals surface area contributed by atoms with Gasteiger partial charge in [-0.2, -0.15) is 0 Å². The van der Waals surface area contributed by atoms with Gasteiger partial charge in [0, 0.05) is 19.3 Å². The first-order valence-electron chi connectivity index (χ1n) is 7.67. The van der Waals surface area contributed by atoms with Gasteiger partial charge in [0.2, 0.25) is 0 Å². The minimum Gasteiger partial charge on any atom is -0.381 e. The Morgan fingerprint density at radius 2 is 2.05 bits per heavy atom. The molecule has 0 radical (unpaired) electrons. The van der Waals surface area contributed by atoms with E-state index in [2.05, 4.69) is 54.7 Å². The average molecular weight is 269 g/mol. The Kier molecular flexibility index (Phi) is 4.34. The Hall–Kier alpha value is -1.38. The smallest absolute Gasteiger partial charge is 0.0495 e. The van der Waals surface area contributed by atoms with Gasteiger partial charge in [0.15, 0.2) is 0 Å². The number of hydrogen-bond acceptors (Lipinski definition) is 2. The van der Waals surface area contributed by atoms with Crippen molar-refractivity contribution in [1.29, 1.82) is 0 Å². The molecule has 1 fully saturated rings. The van der Waals surface area contributed by atoms with E-state index in [0.717, 1.165) is 19.8 Å². The summed E-state index contributed by atoms with van der Waals surface area (Å²) in [5, 5.41) is 6.37. The van der Waals surface area contributed by atoms with Gasteiger partial charge in [0.05, 0.1) is 0 Å². The minimum atomic E-state index is 0.429. The molecule has 20 heavy (non-hydrogen) atoms. The summed E-state index contributed by atoms with van der Waals surface area (Å²) in [6.45, 7) is 5.04. The van der Waals surface area contributed by atoms with Gasteiger partial charge in [-0.05, 0) is 41.6 Å². The summed E-state index contributed by atoms with van der Waals surface area (Å²) in [5.74, 6) is 0.693. The highest BCUT2D eigenvalue weighted by molar-refractivity contribution is 5.86. The number of hydrogen-bond donors (Lipinski definition) is 1. The highest BCUT2D eigenvalue weighted by Crippen LogP contribution is 2.30. The van der Waals surface area contributed by atoms with E-state index in [1.54, 1.807) is 0 Å². The molecule has 106 valence electrons. The van der Waals surface area contributed by atoms with Gasteiger partial charge in [0.25, 0.3) is 0 Å². The lowest BCUT2D eigenvalue weighted by molar-refractivity contribution is 0.181. The fourth-order valence-corrected chi connectivity index (χ4v) is 3.22. The molecule has 2 atom stereocenters. The van der Waals surface area contributed by atoms with Crippen LogP contribution in [0, 0.1) is 5.92 Å². The normalized spacial score (nSPS) is 20.4. The van der Waals surface area contributed by atoms with Gasteiger partial charge in [0.1, 0.15) is 0 Å². The van der Waals surface area contributed by atoms with Crippen LogP contribution in [0.5, 0.6) is 0 Å². The second kappa shape index (κ2) is 6.38. The molecule has 0 amide bonds. The van der Waals surface area contributed by atoms with Gasteiger partial charge in [-0.3, -0.25) is 0 Å². The lowest BCUT2D eigenvalue weighted by atomic mass is 9.91. The van der Waals surface area contributed by atoms with Crippen molar-refractivity contribution in [1.82, 2.24) is 5.32 Å². The largest absolute Gasteiger partial charge is 0.381 e. The molecule has 2 aromatic rings. The fourth-order valence-electron chi connectivity index (χ4n) is 3.22. The summed E-state index contributed by atoms with van der Waals surface area (Å²) in [7, 11) is 0. The molecular weight excluding hydrogens is 246 g/mol. The first-order valence-corrected chi connectivity index (χ1v) is 7.67. The van der Waals surface area contributed by atoms with Crippen molar-refractivity contribution in [3.8, 4) is 0 Å². The van der Waals surface area contributed by atoms with E-state index >= 15 is 0 Å². The molecule has 0 spiro atoms. The maximum atomic E-state index is 5.53. The predicted octanol–water partition coefficient (Wildman–Crippen LogP) is 3.92. The first kappa shape index (κ1) is 13.6. The van der Waals surface area contributed by atoms with Gasteiger partial charge >= 0.3 is 0 Å². The van der Waals surface area contributed by atoms with Crippen LogP contribution in [0.1, 0.15) is 31.4 Å². The summed E-state index contributed by atoms with van der Waals surface area (Å²) < 4.78 is 5.53. The standard InChI is InChI=1S/C18H23NO/c1-2-19-18(12-14-10-11-20-13-14)17-9-5-7-15-6-3-4-8-16(15)17/h3-9,14,18-19H,2,10-13H2,1H3. The van der Waals surface area contributed by atoms with Crippen molar-refractivity contribution >= 4 is 10.8 Å². The van der Waals surface area contributed by atoms with Crippen LogP contribution in [0.15, 0.2) is 42.5 Å². The molecule has 2 unspecified atom stereocenters. The van der Waals surface area contributed by atoms with E-state index in [1.165, 1.54) is 29.2 Å². The van der Waals surface area contributed by atoms with Crippen LogP contribution >= 0.6 is 0 Å². The van der Waals surface area contributed by atoms with E-state index < -0.39 is 0 Å². The third kappa shape index (κ3) is 2.87. The molecule has 1 aliphatic heterocycles. The minimum absolute atomic E-state index is 0.429. The monoisotopic (exact) mass is 269 g/mol. The Morgan fingerprint density at radius 3 is 2.85 bits per heavy atom. The highest BCUT2D eigenvalue weighted by Gasteiger charge is 2.22. The summed E-state index contributed by atoms with van der Waals surface area (Å²) in [5.41, 5.74) is 1.43. The number of rotatable bonds is 5. The molecule has 2 nitrogen and oxygen atoms in total. The SMILES string of the molecule is CCNC(CC1CCOC1)c1cccc2ccccc12. The van der Waals surface area contributed by atoms with E-state index in [-0.39, 0.29) is 0 Å². The molecular formula is C18H23NO. The molecule has 0 bridgehead atoms. The van der Waals surface area contributed by atoms with Gasteiger partial charge in [-0.15, -0.1) is 0 Å². The number of fused-ring (bicyclic) bond motifs is 1. The van der Waals surface area contributed by atoms with E-state index in [0.29, 0.717) is 12.0 Å². The van der Waals surface area contributed by atoms with Crippen molar-refractivity contribution in [2.24, 2.45) is 5.92 Å². The number of nitrogens with one attached hydrogen (secondary N) is 1. The maximum absolute atomic E-state index is 5.53. The third-order valence-electron chi connectivity index (χ3n) is 4.24. The second-order valence-corrected chi connectivity index (χ2v) is 5.64. The van der Waals surface area contributed by atoms with Crippen LogP contribution in [0.3, 0.4) is 0 Å². The Labute approximate surface area is 121 Å². The topological polar surface area (TPSA) is 21.3 Å². The Bertz CT molecular complexity index is 555. The zero-order valence-electron chi connectivity index (χ0n) is 12.1. The first-order chi connectivity index (χ1) is 9.88. The Morgan fingerprint density at radius 1 is 1.20 bits per heavy atom. The van der Waals surface area contributed by atoms with E-state index in [9.17, 15) is 0 Å². The lowest BCUT2D eigenvalue weighted by Crippen LogP contribution is -2.24. The second-order valence-electron chi connectivity index (χ2n) is 5.64. The predicted molar refractivity (Wildman–Crippen MR) is 83.9 cm³/mol. The van der Waals surface area contributed by atoms with Crippen LogP contribution in [-0.4, -0.2) is 19.8 Å². The summed E-state index contributed by atoms with van der Waals surface area (Å²) in [6.07, 6.45) is 2.37. The van der Waals surface area contributed by atoms with Crippen LogP contribution in [-0.2, 0) is 4.74 Å². The van der Waals surface area contributed by atoms with Crippen molar-refractivity contribution in [2.45, 2.75) is 25.8 Å². The lowest BCUT2D eigenvalue weighted by Gasteiger charge is -2.22. The summed E-state index contributed by atoms with van der Waals surface area (Å²) >= 11 is 0. The van der Waals surface area contributed by atoms with Crippen LogP contribution in [0.2, 0.25) is 0 Å². The molecule has 2 aromatic carbocycles. The zero-order chi connectivity index (χ0) is 13.8. The van der Waals surface area contributed by atoms with Crippen LogP contribution in [0.25, 0.3) is 10.8 Å². The zero-order valence-corrected chi connectivity index (χ0v) is 12.1. The van der Waals surface area contributed by atoms with Crippen LogP contribution < -0.4 is 5.32 Å². The quantitative estimate of drug-likeness (QED) is 0.888. The third-order valence-corrected chi connectivity index (χ3v) is 4.24. The van der Waals surface area contributed by atoms with Gasteiger partial charge in [-0.1, -0.05) is 49.4 Å². The molecule has 1 saturated heterocycles. The molecule has 0 aliphatic carbocycles. The van der Waals surface area contributed by atoms with Crippen molar-refractivity contribution in [3.05, 3.63) is 48.0 Å². The van der Waals surface area contributed by atoms with E-state index in [4.69, 9.17) is 4.74 Å². The van der Waals surface area contributed by atoms with Crippen LogP contribution in [0.4, 0.5) is 0 Å². The van der Waals surface area contributed by atoms with Gasteiger partial charge < -0.3 is 10.1 Å². The molecule has 1 aliphatic rings. The molecule has 1 N–H and O–H groups in total. The number of benzene rings is 2. The van der Waals surface area contributed by atoms with Crippen molar-refractivity contribution < 1.29 is 4.74 Å². The molecule has 1 heterocycles.